The molecule has 0 aliphatic carbocycles. The molecule has 4 N–H and O–H groups in total. The quantitative estimate of drug-likeness (QED) is 0.761. The van der Waals surface area contributed by atoms with Gasteiger partial charge in [-0.3, -0.25) is 4.79 Å². The summed E-state index contributed by atoms with van der Waals surface area (Å²) >= 11 is 0. The molecule has 1 amide bonds. The molecule has 104 valence electrons. The standard InChI is InChI=1S/C13H17FN2O3/c1-13(2,15)6-5-11(17)16-8-3-4-9(12(18)19)10(14)7-8/h3-4,7H,5-6,15H2,1-2H3,(H,16,17)(H,18,19). The Kier molecular flexibility index (Phi) is 4.61. The van der Waals surface area contributed by atoms with E-state index in [-0.39, 0.29) is 18.0 Å². The molecule has 1 aromatic carbocycles. The van der Waals surface area contributed by atoms with E-state index in [1.165, 1.54) is 6.07 Å². The smallest absolute Gasteiger partial charge is 0.338 e. The maximum Gasteiger partial charge on any atom is 0.338 e. The lowest BCUT2D eigenvalue weighted by atomic mass is 10.00. The Morgan fingerprint density at radius 3 is 2.53 bits per heavy atom. The zero-order valence-electron chi connectivity index (χ0n) is 10.9. The van der Waals surface area contributed by atoms with E-state index in [9.17, 15) is 14.0 Å². The van der Waals surface area contributed by atoms with Crippen LogP contribution in [-0.2, 0) is 4.79 Å². The zero-order chi connectivity index (χ0) is 14.6. The van der Waals surface area contributed by atoms with Crippen molar-refractivity contribution in [2.45, 2.75) is 32.2 Å². The van der Waals surface area contributed by atoms with Gasteiger partial charge in [0.05, 0.1) is 5.56 Å². The van der Waals surface area contributed by atoms with Crippen molar-refractivity contribution in [3.05, 3.63) is 29.6 Å². The average Bonchev–Trinajstić information content (AvgIpc) is 2.25. The van der Waals surface area contributed by atoms with E-state index in [1.54, 1.807) is 0 Å². The van der Waals surface area contributed by atoms with Crippen molar-refractivity contribution in [2.24, 2.45) is 5.73 Å². The van der Waals surface area contributed by atoms with E-state index >= 15 is 0 Å². The lowest BCUT2D eigenvalue weighted by Gasteiger charge is -2.17. The van der Waals surface area contributed by atoms with Gasteiger partial charge in [0.15, 0.2) is 0 Å². The molecule has 0 aromatic heterocycles. The highest BCUT2D eigenvalue weighted by atomic mass is 19.1. The number of rotatable bonds is 5. The largest absolute Gasteiger partial charge is 0.478 e. The van der Waals surface area contributed by atoms with Gasteiger partial charge < -0.3 is 16.2 Å². The molecule has 0 spiro atoms. The number of benzene rings is 1. The summed E-state index contributed by atoms with van der Waals surface area (Å²) in [5.74, 6) is -2.52. The van der Waals surface area contributed by atoms with Gasteiger partial charge in [0.25, 0.3) is 0 Å². The molecule has 0 fully saturated rings. The normalized spacial score (nSPS) is 11.2. The molecule has 5 nitrogen and oxygen atoms in total. The van der Waals surface area contributed by atoms with Gasteiger partial charge in [-0.2, -0.15) is 0 Å². The number of aromatic carboxylic acids is 1. The Hall–Kier alpha value is -1.95. The third-order valence-corrected chi connectivity index (χ3v) is 2.48. The van der Waals surface area contributed by atoms with Gasteiger partial charge in [-0.25, -0.2) is 9.18 Å². The van der Waals surface area contributed by atoms with Crippen LogP contribution in [0.3, 0.4) is 0 Å². The minimum absolute atomic E-state index is 0.214. The number of nitrogens with one attached hydrogen (secondary N) is 1. The maximum absolute atomic E-state index is 13.4. The van der Waals surface area contributed by atoms with Crippen LogP contribution >= 0.6 is 0 Å². The minimum atomic E-state index is -1.35. The second-order valence-corrected chi connectivity index (χ2v) is 5.04. The van der Waals surface area contributed by atoms with Gasteiger partial charge in [0.2, 0.25) is 5.91 Å². The van der Waals surface area contributed by atoms with Crippen molar-refractivity contribution < 1.29 is 19.1 Å². The van der Waals surface area contributed by atoms with Crippen LogP contribution in [-0.4, -0.2) is 22.5 Å². The first-order chi connectivity index (χ1) is 8.69. The molecule has 0 aliphatic rings. The lowest BCUT2D eigenvalue weighted by Crippen LogP contribution is -2.33. The highest BCUT2D eigenvalue weighted by Gasteiger charge is 2.14. The molecule has 0 saturated heterocycles. The van der Waals surface area contributed by atoms with Gasteiger partial charge in [0, 0.05) is 17.6 Å². The molecule has 19 heavy (non-hydrogen) atoms. The Morgan fingerprint density at radius 1 is 1.42 bits per heavy atom. The van der Waals surface area contributed by atoms with Crippen LogP contribution in [0.5, 0.6) is 0 Å². The number of carboxylic acid groups (broad SMARTS) is 1. The first-order valence-electron chi connectivity index (χ1n) is 5.80. The molecule has 0 unspecified atom stereocenters. The Morgan fingerprint density at radius 2 is 2.05 bits per heavy atom. The predicted octanol–water partition coefficient (Wildman–Crippen LogP) is 1.98. The minimum Gasteiger partial charge on any atom is -0.478 e. The van der Waals surface area contributed by atoms with Gasteiger partial charge in [0.1, 0.15) is 5.82 Å². The number of halogens is 1. The fourth-order valence-corrected chi connectivity index (χ4v) is 1.43. The van der Waals surface area contributed by atoms with Crippen LogP contribution in [0.1, 0.15) is 37.0 Å². The monoisotopic (exact) mass is 268 g/mol. The SMILES string of the molecule is CC(C)(N)CCC(=O)Nc1ccc(C(=O)O)c(F)c1. The Labute approximate surface area is 110 Å². The van der Waals surface area contributed by atoms with E-state index < -0.39 is 22.9 Å². The summed E-state index contributed by atoms with van der Waals surface area (Å²) in [6.07, 6.45) is 0.709. The first kappa shape index (κ1) is 15.1. The molecular formula is C13H17FN2O3. The molecule has 0 radical (unpaired) electrons. The molecule has 1 rings (SSSR count). The third-order valence-electron chi connectivity index (χ3n) is 2.48. The van der Waals surface area contributed by atoms with Gasteiger partial charge in [-0.15, -0.1) is 0 Å². The van der Waals surface area contributed by atoms with Crippen LogP contribution < -0.4 is 11.1 Å². The van der Waals surface area contributed by atoms with Crippen molar-refractivity contribution in [2.75, 3.05) is 5.32 Å². The Bertz CT molecular complexity index is 495. The molecule has 0 saturated carbocycles. The number of carbonyl (C=O) groups is 2. The number of carboxylic acids is 1. The molecule has 0 bridgehead atoms. The summed E-state index contributed by atoms with van der Waals surface area (Å²) < 4.78 is 13.4. The van der Waals surface area contributed by atoms with Crippen LogP contribution in [0.2, 0.25) is 0 Å². The molecule has 0 heterocycles. The number of anilines is 1. The van der Waals surface area contributed by atoms with Crippen LogP contribution in [0.25, 0.3) is 0 Å². The predicted molar refractivity (Wildman–Crippen MR) is 69.5 cm³/mol. The lowest BCUT2D eigenvalue weighted by molar-refractivity contribution is -0.116. The molecule has 1 aromatic rings. The number of carbonyl (C=O) groups excluding carboxylic acids is 1. The summed E-state index contributed by atoms with van der Waals surface area (Å²) in [6.45, 7) is 3.61. The number of hydrogen-bond donors (Lipinski definition) is 3. The fraction of sp³-hybridized carbons (Fsp3) is 0.385. The summed E-state index contributed by atoms with van der Waals surface area (Å²) in [5.41, 5.74) is 5.10. The molecular weight excluding hydrogens is 251 g/mol. The molecule has 6 heteroatoms. The van der Waals surface area contributed by atoms with Crippen molar-refractivity contribution in [3.63, 3.8) is 0 Å². The second kappa shape index (κ2) is 5.79. The average molecular weight is 268 g/mol. The van der Waals surface area contributed by atoms with Gasteiger partial charge in [-0.05, 0) is 38.5 Å². The van der Waals surface area contributed by atoms with Crippen LogP contribution in [0.4, 0.5) is 10.1 Å². The zero-order valence-corrected chi connectivity index (χ0v) is 10.9. The maximum atomic E-state index is 13.4. The summed E-state index contributed by atoms with van der Waals surface area (Å²) in [5, 5.41) is 11.2. The second-order valence-electron chi connectivity index (χ2n) is 5.04. The van der Waals surface area contributed by atoms with Crippen LogP contribution in [0.15, 0.2) is 18.2 Å². The van der Waals surface area contributed by atoms with E-state index in [0.29, 0.717) is 6.42 Å². The summed E-state index contributed by atoms with van der Waals surface area (Å²) in [7, 11) is 0. The van der Waals surface area contributed by atoms with Crippen molar-refractivity contribution in [3.8, 4) is 0 Å². The fourth-order valence-electron chi connectivity index (χ4n) is 1.43. The van der Waals surface area contributed by atoms with Gasteiger partial charge in [-0.1, -0.05) is 0 Å². The Balaban J connectivity index is 2.65. The number of hydrogen-bond acceptors (Lipinski definition) is 3. The highest BCUT2D eigenvalue weighted by Crippen LogP contribution is 2.15. The van der Waals surface area contributed by atoms with Crippen molar-refractivity contribution in [1.29, 1.82) is 0 Å². The van der Waals surface area contributed by atoms with Crippen molar-refractivity contribution in [1.82, 2.24) is 0 Å². The summed E-state index contributed by atoms with van der Waals surface area (Å²) in [6, 6.07) is 3.44. The first-order valence-corrected chi connectivity index (χ1v) is 5.80. The third kappa shape index (κ3) is 5.05. The van der Waals surface area contributed by atoms with Crippen molar-refractivity contribution >= 4 is 17.6 Å². The molecule has 0 aliphatic heterocycles. The van der Waals surface area contributed by atoms with E-state index in [4.69, 9.17) is 10.8 Å². The van der Waals surface area contributed by atoms with Gasteiger partial charge >= 0.3 is 5.97 Å². The number of amides is 1. The van der Waals surface area contributed by atoms with E-state index in [1.807, 2.05) is 13.8 Å². The molecule has 0 atom stereocenters. The topological polar surface area (TPSA) is 92.4 Å². The summed E-state index contributed by atoms with van der Waals surface area (Å²) in [4.78, 5) is 22.2. The van der Waals surface area contributed by atoms with Crippen LogP contribution in [0, 0.1) is 5.82 Å². The number of nitrogens with two attached hydrogens (primary N) is 1. The highest BCUT2D eigenvalue weighted by molar-refractivity contribution is 5.92. The van der Waals surface area contributed by atoms with E-state index in [0.717, 1.165) is 12.1 Å². The van der Waals surface area contributed by atoms with E-state index in [2.05, 4.69) is 5.32 Å².